The number of carbonyl (C=O) groups is 3. The fraction of sp³-hybridized carbons (Fsp3) is 0.263. The van der Waals surface area contributed by atoms with Crippen LogP contribution < -0.4 is 33.2 Å². The number of pyridine rings is 2. The number of aromatic nitrogens is 2. The normalized spacial score (nSPS) is 16.2. The first-order valence-corrected chi connectivity index (χ1v) is 26.5. The highest BCUT2D eigenvalue weighted by atomic mass is 32.1. The molecule has 0 bridgehead atoms. The average molecular weight is 1060 g/mol. The van der Waals surface area contributed by atoms with Gasteiger partial charge in [-0.05, 0) is 160 Å². The van der Waals surface area contributed by atoms with Crippen LogP contribution in [0.15, 0.2) is 149 Å². The van der Waals surface area contributed by atoms with Crippen LogP contribution in [-0.4, -0.2) is 83.7 Å². The number of thiophene rings is 2. The van der Waals surface area contributed by atoms with Crippen LogP contribution in [0.3, 0.4) is 0 Å². The van der Waals surface area contributed by atoms with E-state index in [0.29, 0.717) is 25.4 Å². The van der Waals surface area contributed by atoms with Crippen molar-refractivity contribution in [2.75, 3.05) is 35.8 Å². The number of aliphatic imine (C=N–C) groups is 3. The van der Waals surface area contributed by atoms with Crippen molar-refractivity contribution >= 4 is 75.5 Å². The van der Waals surface area contributed by atoms with Crippen molar-refractivity contribution in [3.8, 4) is 11.3 Å². The molecule has 7 aromatic rings. The van der Waals surface area contributed by atoms with Crippen LogP contribution in [0.5, 0.6) is 0 Å². The Morgan fingerprint density at radius 2 is 0.974 bits per heavy atom. The van der Waals surface area contributed by atoms with Gasteiger partial charge in [0.25, 0.3) is 35.8 Å². The molecule has 0 saturated carbocycles. The number of benzene rings is 3. The Bertz CT molecular complexity index is 3160. The summed E-state index contributed by atoms with van der Waals surface area (Å²) < 4.78 is 15.5. The van der Waals surface area contributed by atoms with Gasteiger partial charge in [-0.1, -0.05) is 36.4 Å². The summed E-state index contributed by atoms with van der Waals surface area (Å²) in [4.78, 5) is 61.7. The van der Waals surface area contributed by atoms with Crippen molar-refractivity contribution in [3.63, 3.8) is 0 Å². The minimum absolute atomic E-state index is 0.0585. The van der Waals surface area contributed by atoms with E-state index < -0.39 is 0 Å². The van der Waals surface area contributed by atoms with Gasteiger partial charge < -0.3 is 47.4 Å². The van der Waals surface area contributed by atoms with Gasteiger partial charge in [0, 0.05) is 56.5 Å². The van der Waals surface area contributed by atoms with Gasteiger partial charge in [-0.25, -0.2) is 15.0 Å². The molecule has 3 aliphatic heterocycles. The first-order valence-electron chi connectivity index (χ1n) is 24.9. The number of hydrogen-bond donors (Lipinski definition) is 6. The highest BCUT2D eigenvalue weighted by molar-refractivity contribution is 7.14. The van der Waals surface area contributed by atoms with Gasteiger partial charge >= 0.3 is 0 Å². The van der Waals surface area contributed by atoms with Crippen LogP contribution in [-0.2, 0) is 33.5 Å². The number of nitrogens with two attached hydrogens (primary N) is 3. The number of ether oxygens (including phenoxy) is 3. The summed E-state index contributed by atoms with van der Waals surface area (Å²) in [5.41, 5.74) is 25.8. The minimum Gasteiger partial charge on any atom is -0.463 e. The molecular weight excluding hydrogens is 999 g/mol. The average Bonchev–Trinajstić information content (AvgIpc) is 4.31. The molecule has 19 heteroatoms. The zero-order valence-corrected chi connectivity index (χ0v) is 44.2. The van der Waals surface area contributed by atoms with Gasteiger partial charge in [-0.2, -0.15) is 0 Å². The molecule has 0 fully saturated rings. The highest BCUT2D eigenvalue weighted by Gasteiger charge is 2.19. The zero-order chi connectivity index (χ0) is 53.4. The lowest BCUT2D eigenvalue weighted by Gasteiger charge is -2.09. The summed E-state index contributed by atoms with van der Waals surface area (Å²) >= 11 is 3.01. The van der Waals surface area contributed by atoms with Crippen molar-refractivity contribution < 1.29 is 28.6 Å². The van der Waals surface area contributed by atoms with Crippen molar-refractivity contribution in [3.05, 3.63) is 181 Å². The number of amidine groups is 3. The molecule has 0 aliphatic carbocycles. The fourth-order valence-corrected chi connectivity index (χ4v) is 9.79. The Labute approximate surface area is 449 Å². The van der Waals surface area contributed by atoms with Crippen molar-refractivity contribution in [2.24, 2.45) is 32.2 Å². The van der Waals surface area contributed by atoms with Gasteiger partial charge in [0.05, 0.1) is 33.6 Å². The third kappa shape index (κ3) is 16.0. The number of carbonyl (C=O) groups excluding carboxylic acids is 3. The molecule has 0 spiro atoms. The van der Waals surface area contributed by atoms with E-state index >= 15 is 0 Å². The van der Waals surface area contributed by atoms with Gasteiger partial charge in [-0.3, -0.25) is 24.4 Å². The van der Waals surface area contributed by atoms with Crippen molar-refractivity contribution in [2.45, 2.75) is 77.4 Å². The van der Waals surface area contributed by atoms with Gasteiger partial charge in [-0.15, -0.1) is 22.7 Å². The third-order valence-corrected chi connectivity index (χ3v) is 14.6. The summed E-state index contributed by atoms with van der Waals surface area (Å²) in [6.45, 7) is 7.72. The van der Waals surface area contributed by atoms with Crippen LogP contribution >= 0.6 is 22.7 Å². The molecule has 0 radical (unpaired) electrons. The first kappa shape index (κ1) is 53.9. The second-order valence-electron chi connectivity index (χ2n) is 18.3. The summed E-state index contributed by atoms with van der Waals surface area (Å²) in [5.74, 6) is -0.302. The SMILES string of the molecule is Cc1cc(C(=O)Nc2ccc(CC[C@H]3COC(N)=N3)cc2)sc1C.Cc1ccc(C(=O)Nc2ccc(CC[C@H]3COC(N)=N3)cc2)s1.NC1=N[C@@H](CCc2ccc(NC(=O)c3ccnc(-c4ccncc4)c3)cc2)CO1. The summed E-state index contributed by atoms with van der Waals surface area (Å²) in [7, 11) is 0. The number of rotatable bonds is 16. The van der Waals surface area contributed by atoms with Crippen LogP contribution in [0, 0.1) is 20.8 Å². The summed E-state index contributed by atoms with van der Waals surface area (Å²) in [6, 6.07) is 37.8. The summed E-state index contributed by atoms with van der Waals surface area (Å²) in [6.07, 6.45) is 10.4. The monoisotopic (exact) mass is 1060 g/mol. The van der Waals surface area contributed by atoms with E-state index in [1.54, 1.807) is 30.7 Å². The number of aryl methyl sites for hydroxylation is 6. The van der Waals surface area contributed by atoms with E-state index in [9.17, 15) is 14.4 Å². The molecule has 17 nitrogen and oxygen atoms in total. The van der Waals surface area contributed by atoms with E-state index in [0.717, 1.165) is 87.0 Å². The van der Waals surface area contributed by atoms with Gasteiger partial charge in [0.2, 0.25) is 0 Å². The van der Waals surface area contributed by atoms with E-state index in [4.69, 9.17) is 31.4 Å². The Morgan fingerprint density at radius 3 is 1.37 bits per heavy atom. The van der Waals surface area contributed by atoms with Crippen LogP contribution in [0.25, 0.3) is 11.3 Å². The molecule has 392 valence electrons. The molecule has 7 heterocycles. The number of hydrogen-bond acceptors (Lipinski definition) is 16. The zero-order valence-electron chi connectivity index (χ0n) is 42.5. The number of nitrogens with zero attached hydrogens (tertiary/aromatic N) is 5. The second kappa shape index (κ2) is 26.2. The minimum atomic E-state index is -0.177. The molecule has 0 unspecified atom stereocenters. The van der Waals surface area contributed by atoms with Crippen LogP contribution in [0.2, 0.25) is 0 Å². The molecule has 10 rings (SSSR count). The largest absolute Gasteiger partial charge is 0.463 e. The van der Waals surface area contributed by atoms with Crippen LogP contribution in [0.1, 0.15) is 81.0 Å². The molecule has 76 heavy (non-hydrogen) atoms. The molecule has 3 aliphatic rings. The van der Waals surface area contributed by atoms with Gasteiger partial charge in [0.15, 0.2) is 0 Å². The quantitative estimate of drug-likeness (QED) is 0.0532. The molecule has 4 aromatic heterocycles. The first-order chi connectivity index (χ1) is 36.8. The molecular formula is C57H61N11O6S2. The van der Waals surface area contributed by atoms with E-state index in [1.165, 1.54) is 44.2 Å². The smallest absolute Gasteiger partial charge is 0.282 e. The molecule has 3 aromatic carbocycles. The summed E-state index contributed by atoms with van der Waals surface area (Å²) in [5, 5.41) is 8.79. The number of nitrogens with one attached hydrogen (secondary N) is 3. The maximum Gasteiger partial charge on any atom is 0.282 e. The Morgan fingerprint density at radius 1 is 0.526 bits per heavy atom. The van der Waals surface area contributed by atoms with Crippen LogP contribution in [0.4, 0.5) is 17.1 Å². The number of anilines is 3. The predicted molar refractivity (Wildman–Crippen MR) is 303 cm³/mol. The maximum atomic E-state index is 12.6. The molecule has 3 atom stereocenters. The Hall–Kier alpha value is -8.42. The van der Waals surface area contributed by atoms with E-state index in [-0.39, 0.29) is 53.9 Å². The third-order valence-electron chi connectivity index (χ3n) is 12.5. The van der Waals surface area contributed by atoms with E-state index in [2.05, 4.69) is 40.9 Å². The van der Waals surface area contributed by atoms with E-state index in [1.807, 2.05) is 124 Å². The topological polar surface area (TPSA) is 256 Å². The Balaban J connectivity index is 0.000000152. The Kier molecular flexibility index (Phi) is 18.6. The van der Waals surface area contributed by atoms with Crippen molar-refractivity contribution in [1.82, 2.24) is 9.97 Å². The molecule has 0 saturated heterocycles. The molecule has 3 amide bonds. The maximum absolute atomic E-state index is 12.6. The van der Waals surface area contributed by atoms with Crippen molar-refractivity contribution in [1.29, 1.82) is 0 Å². The predicted octanol–water partition coefficient (Wildman–Crippen LogP) is 9.26. The lowest BCUT2D eigenvalue weighted by atomic mass is 10.1. The second-order valence-corrected chi connectivity index (χ2v) is 20.8. The molecule has 9 N–H and O–H groups in total. The lowest BCUT2D eigenvalue weighted by molar-refractivity contribution is 0.102. The van der Waals surface area contributed by atoms with Gasteiger partial charge in [0.1, 0.15) is 19.8 Å². The number of amides is 3. The highest BCUT2D eigenvalue weighted by Crippen LogP contribution is 2.24. The standard InChI is InChI=1S/C22H21N5O2.C18H21N3O2S.C17H19N3O2S/c23-22-27-19(14-29-22)6-3-15-1-4-18(5-2-15)26-21(28)17-9-12-25-20(13-17)16-7-10-24-11-8-16;1-11-9-16(24-12(11)2)17(22)20-14-6-3-13(4-7-14)5-8-15-10-23-18(19)21-15;1-11-2-9-15(23-11)16(21)19-13-6-3-12(4-7-13)5-8-14-10-22-17(18)20-14/h1-2,4-5,7-13,19H,3,6,14H2,(H2,23,27)(H,26,28);3-4,6-7,9,15H,5,8,10H2,1-2H3,(H2,19,21)(H,20,22);2-4,6-7,9,14H,5,8,10H2,1H3,(H2,18,20)(H,19,21)/t19-;15-;14-/m000/s1. The lowest BCUT2D eigenvalue weighted by Crippen LogP contribution is -2.12. The fourth-order valence-electron chi connectivity index (χ4n) is 8.10.